The molecule has 1 amide bonds. The van der Waals surface area contributed by atoms with E-state index in [1.165, 1.54) is 6.07 Å². The molecule has 2 rings (SSSR count). The van der Waals surface area contributed by atoms with Crippen molar-refractivity contribution in [1.29, 1.82) is 0 Å². The Morgan fingerprint density at radius 2 is 2.20 bits per heavy atom. The van der Waals surface area contributed by atoms with Gasteiger partial charge in [0.25, 0.3) is 5.91 Å². The Morgan fingerprint density at radius 3 is 2.85 bits per heavy atom. The molecule has 0 unspecified atom stereocenters. The maximum atomic E-state index is 14.2. The molecular formula is C15H21FN2O2. The topological polar surface area (TPSA) is 50.4 Å². The number of hydrogen-bond acceptors (Lipinski definition) is 3. The van der Waals surface area contributed by atoms with E-state index in [1.807, 2.05) is 0 Å². The van der Waals surface area contributed by atoms with Crippen LogP contribution >= 0.6 is 0 Å². The lowest BCUT2D eigenvalue weighted by Crippen LogP contribution is -2.28. The van der Waals surface area contributed by atoms with Crippen molar-refractivity contribution in [3.05, 3.63) is 35.1 Å². The summed E-state index contributed by atoms with van der Waals surface area (Å²) in [5, 5.41) is 5.95. The number of methoxy groups -OCH3 is 1. The van der Waals surface area contributed by atoms with E-state index < -0.39 is 0 Å². The molecule has 1 aromatic rings. The Bertz CT molecular complexity index is 459. The van der Waals surface area contributed by atoms with Crippen LogP contribution in [-0.2, 0) is 4.74 Å². The Morgan fingerprint density at radius 1 is 1.45 bits per heavy atom. The van der Waals surface area contributed by atoms with Crippen LogP contribution in [0.3, 0.4) is 0 Å². The highest BCUT2D eigenvalue weighted by atomic mass is 19.1. The average molecular weight is 280 g/mol. The molecule has 1 aliphatic heterocycles. The number of halogens is 1. The summed E-state index contributed by atoms with van der Waals surface area (Å²) in [4.78, 5) is 11.8. The van der Waals surface area contributed by atoms with Crippen molar-refractivity contribution in [3.8, 4) is 0 Å². The van der Waals surface area contributed by atoms with Crippen molar-refractivity contribution in [2.45, 2.75) is 18.8 Å². The number of ether oxygens (including phenoxy) is 1. The maximum Gasteiger partial charge on any atom is 0.251 e. The lowest BCUT2D eigenvalue weighted by molar-refractivity contribution is 0.0936. The van der Waals surface area contributed by atoms with Crippen LogP contribution in [0, 0.1) is 5.82 Å². The highest BCUT2D eigenvalue weighted by molar-refractivity contribution is 5.94. The Labute approximate surface area is 118 Å². The zero-order valence-electron chi connectivity index (χ0n) is 11.7. The lowest BCUT2D eigenvalue weighted by Gasteiger charge is -2.23. The number of rotatable bonds is 5. The minimum Gasteiger partial charge on any atom is -0.383 e. The van der Waals surface area contributed by atoms with E-state index in [0.717, 1.165) is 31.5 Å². The van der Waals surface area contributed by atoms with Crippen LogP contribution in [0.5, 0.6) is 0 Å². The van der Waals surface area contributed by atoms with Crippen molar-refractivity contribution >= 4 is 5.91 Å². The largest absolute Gasteiger partial charge is 0.383 e. The van der Waals surface area contributed by atoms with Crippen molar-refractivity contribution in [1.82, 2.24) is 10.6 Å². The fourth-order valence-corrected chi connectivity index (χ4v) is 2.50. The summed E-state index contributed by atoms with van der Waals surface area (Å²) in [5.41, 5.74) is 1.08. The lowest BCUT2D eigenvalue weighted by atomic mass is 9.89. The molecule has 0 radical (unpaired) electrons. The fraction of sp³-hybridized carbons (Fsp3) is 0.533. The molecule has 0 spiro atoms. The number of nitrogens with one attached hydrogen (secondary N) is 2. The predicted molar refractivity (Wildman–Crippen MR) is 75.5 cm³/mol. The summed E-state index contributed by atoms with van der Waals surface area (Å²) in [6, 6.07) is 4.78. The van der Waals surface area contributed by atoms with E-state index in [-0.39, 0.29) is 17.6 Å². The molecule has 0 aliphatic carbocycles. The maximum absolute atomic E-state index is 14.2. The molecule has 1 heterocycles. The molecule has 1 aromatic carbocycles. The van der Waals surface area contributed by atoms with Crippen LogP contribution in [-0.4, -0.2) is 39.3 Å². The Kier molecular flexibility index (Phi) is 5.49. The minimum absolute atomic E-state index is 0.252. The molecule has 0 aromatic heterocycles. The highest BCUT2D eigenvalue weighted by Gasteiger charge is 2.19. The van der Waals surface area contributed by atoms with Crippen LogP contribution in [0.2, 0.25) is 0 Å². The quantitative estimate of drug-likeness (QED) is 0.807. The molecule has 2 N–H and O–H groups in total. The summed E-state index contributed by atoms with van der Waals surface area (Å²) in [7, 11) is 1.57. The predicted octanol–water partition coefficient (Wildman–Crippen LogP) is 1.67. The van der Waals surface area contributed by atoms with Gasteiger partial charge in [-0.25, -0.2) is 4.39 Å². The number of carbonyl (C=O) groups is 1. The molecular weight excluding hydrogens is 259 g/mol. The third-order valence-electron chi connectivity index (χ3n) is 3.63. The zero-order valence-corrected chi connectivity index (χ0v) is 11.7. The van der Waals surface area contributed by atoms with Gasteiger partial charge in [0, 0.05) is 19.2 Å². The number of benzene rings is 1. The number of hydrogen-bond donors (Lipinski definition) is 2. The second kappa shape index (κ2) is 7.36. The van der Waals surface area contributed by atoms with Gasteiger partial charge in [0.15, 0.2) is 0 Å². The Balaban J connectivity index is 2.03. The first kappa shape index (κ1) is 14.9. The monoisotopic (exact) mass is 280 g/mol. The molecule has 0 atom stereocenters. The molecule has 0 saturated carbocycles. The van der Waals surface area contributed by atoms with Gasteiger partial charge in [-0.3, -0.25) is 4.79 Å². The SMILES string of the molecule is COCCNC(=O)c1ccc(C2CCNCC2)c(F)c1. The van der Waals surface area contributed by atoms with Crippen molar-refractivity contribution < 1.29 is 13.9 Å². The molecule has 20 heavy (non-hydrogen) atoms. The van der Waals surface area contributed by atoms with Crippen LogP contribution in [0.1, 0.15) is 34.7 Å². The molecule has 1 saturated heterocycles. The smallest absolute Gasteiger partial charge is 0.251 e. The average Bonchev–Trinajstić information content (AvgIpc) is 2.48. The van der Waals surface area contributed by atoms with E-state index in [0.29, 0.717) is 18.7 Å². The van der Waals surface area contributed by atoms with Gasteiger partial charge in [-0.15, -0.1) is 0 Å². The second-order valence-corrected chi connectivity index (χ2v) is 5.01. The minimum atomic E-state index is -0.281. The van der Waals surface area contributed by atoms with Gasteiger partial charge in [-0.05, 0) is 49.5 Å². The van der Waals surface area contributed by atoms with E-state index >= 15 is 0 Å². The molecule has 1 fully saturated rings. The first-order valence-corrected chi connectivity index (χ1v) is 6.99. The third-order valence-corrected chi connectivity index (χ3v) is 3.63. The summed E-state index contributed by atoms with van der Waals surface area (Å²) in [5.74, 6) is -0.295. The van der Waals surface area contributed by atoms with Crippen LogP contribution in [0.25, 0.3) is 0 Å². The zero-order chi connectivity index (χ0) is 14.4. The molecule has 4 nitrogen and oxygen atoms in total. The van der Waals surface area contributed by atoms with Gasteiger partial charge >= 0.3 is 0 Å². The van der Waals surface area contributed by atoms with Gasteiger partial charge in [0.1, 0.15) is 5.82 Å². The summed E-state index contributed by atoms with van der Waals surface area (Å²) >= 11 is 0. The molecule has 1 aliphatic rings. The third kappa shape index (κ3) is 3.77. The van der Waals surface area contributed by atoms with E-state index in [2.05, 4.69) is 10.6 Å². The van der Waals surface area contributed by atoms with Crippen molar-refractivity contribution in [2.24, 2.45) is 0 Å². The first-order valence-electron chi connectivity index (χ1n) is 6.99. The molecule has 0 bridgehead atoms. The normalized spacial score (nSPS) is 16.1. The van der Waals surface area contributed by atoms with Gasteiger partial charge in [-0.2, -0.15) is 0 Å². The van der Waals surface area contributed by atoms with E-state index in [9.17, 15) is 9.18 Å². The highest BCUT2D eigenvalue weighted by Crippen LogP contribution is 2.27. The molecule has 5 heteroatoms. The van der Waals surface area contributed by atoms with Crippen LogP contribution < -0.4 is 10.6 Å². The Hall–Kier alpha value is -1.46. The molecule has 110 valence electrons. The van der Waals surface area contributed by atoms with Crippen LogP contribution in [0.15, 0.2) is 18.2 Å². The fourth-order valence-electron chi connectivity index (χ4n) is 2.50. The number of piperidine rings is 1. The van der Waals surface area contributed by atoms with E-state index in [1.54, 1.807) is 19.2 Å². The summed E-state index contributed by atoms with van der Waals surface area (Å²) < 4.78 is 19.0. The summed E-state index contributed by atoms with van der Waals surface area (Å²) in [6.07, 6.45) is 1.88. The number of carbonyl (C=O) groups excluding carboxylic acids is 1. The second-order valence-electron chi connectivity index (χ2n) is 5.01. The van der Waals surface area contributed by atoms with Gasteiger partial charge in [-0.1, -0.05) is 6.07 Å². The standard InChI is InChI=1S/C15H21FN2O2/c1-20-9-8-18-15(19)12-2-3-13(14(16)10-12)11-4-6-17-7-5-11/h2-3,10-11,17H,4-9H2,1H3,(H,18,19). The van der Waals surface area contributed by atoms with Gasteiger partial charge < -0.3 is 15.4 Å². The van der Waals surface area contributed by atoms with Crippen molar-refractivity contribution in [2.75, 3.05) is 33.4 Å². The van der Waals surface area contributed by atoms with Gasteiger partial charge in [0.2, 0.25) is 0 Å². The van der Waals surface area contributed by atoms with Crippen LogP contribution in [0.4, 0.5) is 4.39 Å². The van der Waals surface area contributed by atoms with Crippen molar-refractivity contribution in [3.63, 3.8) is 0 Å². The number of amides is 1. The van der Waals surface area contributed by atoms with E-state index in [4.69, 9.17) is 4.74 Å². The summed E-state index contributed by atoms with van der Waals surface area (Å²) in [6.45, 7) is 2.71. The first-order chi connectivity index (χ1) is 9.72. The van der Waals surface area contributed by atoms with Gasteiger partial charge in [0.05, 0.1) is 6.61 Å².